The Kier molecular flexibility index (Phi) is 4.60. The molecule has 2 heterocycles. The van der Waals surface area contributed by atoms with Crippen LogP contribution in [0.2, 0.25) is 0 Å². The highest BCUT2D eigenvalue weighted by atomic mass is 16.5. The van der Waals surface area contributed by atoms with Crippen molar-refractivity contribution in [3.63, 3.8) is 0 Å². The van der Waals surface area contributed by atoms with E-state index in [2.05, 4.69) is 14.9 Å². The normalized spacial score (nSPS) is 15.9. The first-order valence-corrected chi connectivity index (χ1v) is 7.44. The van der Waals surface area contributed by atoms with Crippen LogP contribution in [0.4, 0.5) is 0 Å². The van der Waals surface area contributed by atoms with E-state index >= 15 is 0 Å². The molecule has 0 saturated carbocycles. The molecule has 2 aromatic rings. The standard InChI is InChI=1S/C16H19N3O3/c1-12-15(18-14-5-3-2-4-13(14)17-12)16(20)22-11-8-19-6-9-21-10-7-19/h2-5H,6-11H2,1H3. The van der Waals surface area contributed by atoms with Crippen LogP contribution >= 0.6 is 0 Å². The van der Waals surface area contributed by atoms with Crippen molar-refractivity contribution in [2.75, 3.05) is 39.5 Å². The van der Waals surface area contributed by atoms with Crippen LogP contribution in [0, 0.1) is 6.92 Å². The van der Waals surface area contributed by atoms with Gasteiger partial charge >= 0.3 is 5.97 Å². The molecule has 6 nitrogen and oxygen atoms in total. The molecular weight excluding hydrogens is 282 g/mol. The molecular formula is C16H19N3O3. The fourth-order valence-electron chi connectivity index (χ4n) is 2.44. The number of aromatic nitrogens is 2. The Morgan fingerprint density at radius 2 is 1.91 bits per heavy atom. The van der Waals surface area contributed by atoms with Crippen molar-refractivity contribution in [3.05, 3.63) is 35.7 Å². The molecule has 1 aromatic carbocycles. The SMILES string of the molecule is Cc1nc2ccccc2nc1C(=O)OCCN1CCOCC1. The molecule has 1 aliphatic rings. The molecule has 0 radical (unpaired) electrons. The summed E-state index contributed by atoms with van der Waals surface area (Å²) < 4.78 is 10.6. The van der Waals surface area contributed by atoms with Crippen molar-refractivity contribution in [2.45, 2.75) is 6.92 Å². The minimum atomic E-state index is -0.413. The maximum absolute atomic E-state index is 12.2. The predicted octanol–water partition coefficient (Wildman–Crippen LogP) is 1.43. The van der Waals surface area contributed by atoms with Gasteiger partial charge in [0, 0.05) is 19.6 Å². The summed E-state index contributed by atoms with van der Waals surface area (Å²) in [5.74, 6) is -0.413. The average Bonchev–Trinajstić information content (AvgIpc) is 2.55. The molecule has 6 heteroatoms. The predicted molar refractivity (Wildman–Crippen MR) is 81.8 cm³/mol. The number of hydrogen-bond acceptors (Lipinski definition) is 6. The molecule has 0 spiro atoms. The van der Waals surface area contributed by atoms with Crippen molar-refractivity contribution in [2.24, 2.45) is 0 Å². The fraction of sp³-hybridized carbons (Fsp3) is 0.438. The third-order valence-electron chi connectivity index (χ3n) is 3.68. The molecule has 1 aromatic heterocycles. The maximum atomic E-state index is 12.2. The summed E-state index contributed by atoms with van der Waals surface area (Å²) in [6.07, 6.45) is 0. The number of hydrogen-bond donors (Lipinski definition) is 0. The van der Waals surface area contributed by atoms with Crippen molar-refractivity contribution in [1.82, 2.24) is 14.9 Å². The monoisotopic (exact) mass is 301 g/mol. The van der Waals surface area contributed by atoms with Crippen molar-refractivity contribution in [3.8, 4) is 0 Å². The van der Waals surface area contributed by atoms with Gasteiger partial charge in [0.05, 0.1) is 29.9 Å². The van der Waals surface area contributed by atoms with Gasteiger partial charge in [-0.3, -0.25) is 4.90 Å². The van der Waals surface area contributed by atoms with Gasteiger partial charge in [0.25, 0.3) is 0 Å². The van der Waals surface area contributed by atoms with Gasteiger partial charge in [0.15, 0.2) is 5.69 Å². The van der Waals surface area contributed by atoms with Gasteiger partial charge in [-0.05, 0) is 19.1 Å². The summed E-state index contributed by atoms with van der Waals surface area (Å²) in [4.78, 5) is 23.2. The Balaban J connectivity index is 1.63. The Morgan fingerprint density at radius 3 is 2.64 bits per heavy atom. The number of rotatable bonds is 4. The highest BCUT2D eigenvalue weighted by Gasteiger charge is 2.16. The molecule has 0 amide bonds. The number of para-hydroxylation sites is 2. The van der Waals surface area contributed by atoms with Gasteiger partial charge in [0.1, 0.15) is 6.61 Å². The molecule has 0 aliphatic carbocycles. The van der Waals surface area contributed by atoms with Crippen LogP contribution in [0.1, 0.15) is 16.2 Å². The second-order valence-electron chi connectivity index (χ2n) is 5.24. The summed E-state index contributed by atoms with van der Waals surface area (Å²) in [7, 11) is 0. The van der Waals surface area contributed by atoms with E-state index in [4.69, 9.17) is 9.47 Å². The number of ether oxygens (including phenoxy) is 2. The molecule has 116 valence electrons. The minimum absolute atomic E-state index is 0.292. The van der Waals surface area contributed by atoms with Crippen LogP contribution in [0.3, 0.4) is 0 Å². The number of benzene rings is 1. The van der Waals surface area contributed by atoms with E-state index in [9.17, 15) is 4.79 Å². The number of nitrogens with zero attached hydrogens (tertiary/aromatic N) is 3. The number of morpholine rings is 1. The Bertz CT molecular complexity index is 669. The zero-order valence-corrected chi connectivity index (χ0v) is 12.6. The second-order valence-corrected chi connectivity index (χ2v) is 5.24. The Hall–Kier alpha value is -2.05. The lowest BCUT2D eigenvalue weighted by molar-refractivity contribution is 0.0192. The van der Waals surface area contributed by atoms with Gasteiger partial charge in [0.2, 0.25) is 0 Å². The Labute approximate surface area is 129 Å². The molecule has 0 unspecified atom stereocenters. The smallest absolute Gasteiger partial charge is 0.358 e. The van der Waals surface area contributed by atoms with Crippen LogP contribution < -0.4 is 0 Å². The van der Waals surface area contributed by atoms with Crippen molar-refractivity contribution >= 4 is 17.0 Å². The van der Waals surface area contributed by atoms with Gasteiger partial charge in [-0.15, -0.1) is 0 Å². The lowest BCUT2D eigenvalue weighted by Gasteiger charge is -2.26. The molecule has 0 atom stereocenters. The third-order valence-corrected chi connectivity index (χ3v) is 3.68. The molecule has 1 aliphatic heterocycles. The third kappa shape index (κ3) is 3.40. The first-order chi connectivity index (χ1) is 10.7. The van der Waals surface area contributed by atoms with Crippen LogP contribution in [0.5, 0.6) is 0 Å². The number of aryl methyl sites for hydroxylation is 1. The van der Waals surface area contributed by atoms with Crippen molar-refractivity contribution < 1.29 is 14.3 Å². The number of carbonyl (C=O) groups is 1. The van der Waals surface area contributed by atoms with Crippen LogP contribution in [0.15, 0.2) is 24.3 Å². The van der Waals surface area contributed by atoms with Gasteiger partial charge < -0.3 is 9.47 Å². The molecule has 3 rings (SSSR count). The van der Waals surface area contributed by atoms with Crippen LogP contribution in [-0.4, -0.2) is 60.3 Å². The van der Waals surface area contributed by atoms with Crippen molar-refractivity contribution in [1.29, 1.82) is 0 Å². The summed E-state index contributed by atoms with van der Waals surface area (Å²) in [5, 5.41) is 0. The van der Waals surface area contributed by atoms with Gasteiger partial charge in [-0.2, -0.15) is 0 Å². The first kappa shape index (κ1) is 14.9. The van der Waals surface area contributed by atoms with E-state index < -0.39 is 5.97 Å². The quantitative estimate of drug-likeness (QED) is 0.796. The second kappa shape index (κ2) is 6.81. The number of carbonyl (C=O) groups excluding carboxylic acids is 1. The largest absolute Gasteiger partial charge is 0.460 e. The zero-order valence-electron chi connectivity index (χ0n) is 12.6. The lowest BCUT2D eigenvalue weighted by Crippen LogP contribution is -2.38. The van der Waals surface area contributed by atoms with Gasteiger partial charge in [-0.25, -0.2) is 14.8 Å². The molecule has 1 fully saturated rings. The number of fused-ring (bicyclic) bond motifs is 1. The molecule has 0 N–H and O–H groups in total. The summed E-state index contributed by atoms with van der Waals surface area (Å²) in [5.41, 5.74) is 2.37. The lowest BCUT2D eigenvalue weighted by atomic mass is 10.2. The summed E-state index contributed by atoms with van der Waals surface area (Å²) in [6, 6.07) is 7.49. The minimum Gasteiger partial charge on any atom is -0.460 e. The maximum Gasteiger partial charge on any atom is 0.358 e. The Morgan fingerprint density at radius 1 is 1.23 bits per heavy atom. The van der Waals surface area contributed by atoms with E-state index in [1.165, 1.54) is 0 Å². The number of esters is 1. The summed E-state index contributed by atoms with van der Waals surface area (Å²) >= 11 is 0. The van der Waals surface area contributed by atoms with E-state index in [1.54, 1.807) is 6.92 Å². The zero-order chi connectivity index (χ0) is 15.4. The molecule has 22 heavy (non-hydrogen) atoms. The molecule has 1 saturated heterocycles. The van der Waals surface area contributed by atoms with E-state index in [1.807, 2.05) is 24.3 Å². The van der Waals surface area contributed by atoms with E-state index in [-0.39, 0.29) is 0 Å². The van der Waals surface area contributed by atoms with Crippen LogP contribution in [-0.2, 0) is 9.47 Å². The average molecular weight is 301 g/mol. The topological polar surface area (TPSA) is 64.5 Å². The fourth-order valence-corrected chi connectivity index (χ4v) is 2.44. The van der Waals surface area contributed by atoms with Crippen LogP contribution in [0.25, 0.3) is 11.0 Å². The molecule has 0 bridgehead atoms. The highest BCUT2D eigenvalue weighted by molar-refractivity contribution is 5.90. The summed E-state index contributed by atoms with van der Waals surface area (Å²) in [6.45, 7) is 6.09. The highest BCUT2D eigenvalue weighted by Crippen LogP contribution is 2.13. The van der Waals surface area contributed by atoms with Gasteiger partial charge in [-0.1, -0.05) is 12.1 Å². The van der Waals surface area contributed by atoms with E-state index in [0.29, 0.717) is 23.5 Å². The van der Waals surface area contributed by atoms with E-state index in [0.717, 1.165) is 38.4 Å². The first-order valence-electron chi connectivity index (χ1n) is 7.44.